The van der Waals surface area contributed by atoms with Crippen LogP contribution in [0, 0.1) is 5.92 Å². The Morgan fingerprint density at radius 1 is 1.38 bits per heavy atom. The number of amides is 1. The Kier molecular flexibility index (Phi) is 5.08. The van der Waals surface area contributed by atoms with Gasteiger partial charge in [0.1, 0.15) is 16.7 Å². The zero-order chi connectivity index (χ0) is 15.4. The molecule has 0 fully saturated rings. The maximum atomic E-state index is 12.1. The largest absolute Gasteiger partial charge is 0.480 e. The number of hydrogen-bond acceptors (Lipinski definition) is 5. The number of nitrogens with zero attached hydrogens (tertiary/aromatic N) is 1. The van der Waals surface area contributed by atoms with E-state index in [4.69, 9.17) is 5.11 Å². The lowest BCUT2D eigenvalue weighted by Crippen LogP contribution is -2.41. The Hall–Kier alpha value is -1.73. The molecule has 5 nitrogen and oxygen atoms in total. The molecular formula is C14H16N2O3S2. The van der Waals surface area contributed by atoms with Crippen LogP contribution in [-0.4, -0.2) is 28.0 Å². The minimum absolute atomic E-state index is 0.184. The SMILES string of the molecule is CC(C)CC(NC(=O)c1csc(-c2ccsc2)n1)C(=O)O. The summed E-state index contributed by atoms with van der Waals surface area (Å²) in [4.78, 5) is 27.5. The molecule has 2 rings (SSSR count). The Morgan fingerprint density at radius 3 is 2.71 bits per heavy atom. The van der Waals surface area contributed by atoms with Gasteiger partial charge in [-0.1, -0.05) is 13.8 Å². The average Bonchev–Trinajstić information content (AvgIpc) is 3.08. The molecule has 1 atom stereocenters. The van der Waals surface area contributed by atoms with E-state index < -0.39 is 17.9 Å². The van der Waals surface area contributed by atoms with E-state index in [0.717, 1.165) is 10.6 Å². The van der Waals surface area contributed by atoms with Crippen molar-refractivity contribution in [3.05, 3.63) is 27.9 Å². The minimum Gasteiger partial charge on any atom is -0.480 e. The number of rotatable bonds is 6. The molecule has 7 heteroatoms. The van der Waals surface area contributed by atoms with Crippen LogP contribution in [0.5, 0.6) is 0 Å². The van der Waals surface area contributed by atoms with E-state index in [1.807, 2.05) is 30.7 Å². The molecule has 0 aliphatic rings. The molecule has 2 N–H and O–H groups in total. The summed E-state index contributed by atoms with van der Waals surface area (Å²) in [5.74, 6) is -1.28. The summed E-state index contributed by atoms with van der Waals surface area (Å²) in [5.41, 5.74) is 1.23. The van der Waals surface area contributed by atoms with Crippen LogP contribution < -0.4 is 5.32 Å². The second-order valence-electron chi connectivity index (χ2n) is 5.04. The smallest absolute Gasteiger partial charge is 0.326 e. The maximum absolute atomic E-state index is 12.1. The van der Waals surface area contributed by atoms with Crippen molar-refractivity contribution in [2.75, 3.05) is 0 Å². The van der Waals surface area contributed by atoms with Gasteiger partial charge in [0.15, 0.2) is 0 Å². The third kappa shape index (κ3) is 4.12. The van der Waals surface area contributed by atoms with Crippen molar-refractivity contribution in [1.82, 2.24) is 10.3 Å². The van der Waals surface area contributed by atoms with Gasteiger partial charge in [-0.25, -0.2) is 9.78 Å². The van der Waals surface area contributed by atoms with Crippen LogP contribution >= 0.6 is 22.7 Å². The molecule has 0 saturated heterocycles. The summed E-state index contributed by atoms with van der Waals surface area (Å²) >= 11 is 2.93. The number of carboxylic acids is 1. The summed E-state index contributed by atoms with van der Waals surface area (Å²) in [6, 6.07) is 1.05. The molecule has 2 aromatic heterocycles. The first-order valence-electron chi connectivity index (χ1n) is 6.49. The summed E-state index contributed by atoms with van der Waals surface area (Å²) in [5, 5.41) is 18.0. The molecule has 0 spiro atoms. The normalized spacial score (nSPS) is 12.3. The quantitative estimate of drug-likeness (QED) is 0.856. The number of nitrogens with one attached hydrogen (secondary N) is 1. The molecule has 0 aliphatic carbocycles. The highest BCUT2D eigenvalue weighted by Crippen LogP contribution is 2.25. The highest BCUT2D eigenvalue weighted by Gasteiger charge is 2.23. The fourth-order valence-corrected chi connectivity index (χ4v) is 3.33. The second kappa shape index (κ2) is 6.82. The van der Waals surface area contributed by atoms with Gasteiger partial charge in [0.05, 0.1) is 0 Å². The monoisotopic (exact) mass is 324 g/mol. The Labute approximate surface area is 130 Å². The summed E-state index contributed by atoms with van der Waals surface area (Å²) in [7, 11) is 0. The molecule has 1 amide bonds. The van der Waals surface area contributed by atoms with Gasteiger partial charge in [0, 0.05) is 16.3 Å². The van der Waals surface area contributed by atoms with Crippen molar-refractivity contribution < 1.29 is 14.7 Å². The van der Waals surface area contributed by atoms with Crippen LogP contribution in [-0.2, 0) is 4.79 Å². The minimum atomic E-state index is -1.02. The lowest BCUT2D eigenvalue weighted by Gasteiger charge is -2.15. The summed E-state index contributed by atoms with van der Waals surface area (Å²) in [6.45, 7) is 3.83. The molecule has 0 aliphatic heterocycles. The number of thiophene rings is 1. The standard InChI is InChI=1S/C14H16N2O3S2/c1-8(2)5-10(14(18)19)15-12(17)11-7-21-13(16-11)9-3-4-20-6-9/h3-4,6-8,10H,5H2,1-2H3,(H,15,17)(H,18,19). The topological polar surface area (TPSA) is 79.3 Å². The van der Waals surface area contributed by atoms with Crippen molar-refractivity contribution in [2.45, 2.75) is 26.3 Å². The maximum Gasteiger partial charge on any atom is 0.326 e. The average molecular weight is 324 g/mol. The molecule has 0 bridgehead atoms. The molecule has 2 aromatic rings. The van der Waals surface area contributed by atoms with Crippen molar-refractivity contribution >= 4 is 34.6 Å². The van der Waals surface area contributed by atoms with Gasteiger partial charge in [-0.05, 0) is 23.8 Å². The van der Waals surface area contributed by atoms with Gasteiger partial charge in [0.2, 0.25) is 0 Å². The molecule has 112 valence electrons. The Morgan fingerprint density at radius 2 is 2.14 bits per heavy atom. The van der Waals surface area contributed by atoms with Crippen molar-refractivity contribution in [3.8, 4) is 10.6 Å². The van der Waals surface area contributed by atoms with E-state index in [-0.39, 0.29) is 11.6 Å². The van der Waals surface area contributed by atoms with Gasteiger partial charge in [-0.3, -0.25) is 4.79 Å². The first-order valence-corrected chi connectivity index (χ1v) is 8.31. The third-order valence-corrected chi connectivity index (χ3v) is 4.39. The van der Waals surface area contributed by atoms with Crippen LogP contribution in [0.3, 0.4) is 0 Å². The zero-order valence-corrected chi connectivity index (χ0v) is 13.3. The third-order valence-electron chi connectivity index (χ3n) is 2.82. The van der Waals surface area contributed by atoms with E-state index in [9.17, 15) is 9.59 Å². The highest BCUT2D eigenvalue weighted by molar-refractivity contribution is 7.14. The number of carbonyl (C=O) groups excluding carboxylic acids is 1. The van der Waals surface area contributed by atoms with E-state index >= 15 is 0 Å². The van der Waals surface area contributed by atoms with Crippen molar-refractivity contribution in [2.24, 2.45) is 5.92 Å². The predicted octanol–water partition coefficient (Wildman–Crippen LogP) is 3.10. The van der Waals surface area contributed by atoms with Gasteiger partial charge in [0.25, 0.3) is 5.91 Å². The molecule has 0 saturated carbocycles. The number of aromatic nitrogens is 1. The summed E-state index contributed by atoms with van der Waals surface area (Å²) < 4.78 is 0. The van der Waals surface area contributed by atoms with Crippen LogP contribution in [0.4, 0.5) is 0 Å². The molecule has 0 aromatic carbocycles. The number of aliphatic carboxylic acids is 1. The predicted molar refractivity (Wildman–Crippen MR) is 83.8 cm³/mol. The van der Waals surface area contributed by atoms with Crippen LogP contribution in [0.2, 0.25) is 0 Å². The van der Waals surface area contributed by atoms with Crippen LogP contribution in [0.1, 0.15) is 30.8 Å². The number of carboxylic acid groups (broad SMARTS) is 1. The lowest BCUT2D eigenvalue weighted by molar-refractivity contribution is -0.139. The fraction of sp³-hybridized carbons (Fsp3) is 0.357. The molecular weight excluding hydrogens is 308 g/mol. The highest BCUT2D eigenvalue weighted by atomic mass is 32.1. The van der Waals surface area contributed by atoms with Crippen LogP contribution in [0.25, 0.3) is 10.6 Å². The number of hydrogen-bond donors (Lipinski definition) is 2. The van der Waals surface area contributed by atoms with E-state index in [0.29, 0.717) is 6.42 Å². The Bertz CT molecular complexity index is 620. The second-order valence-corrected chi connectivity index (χ2v) is 6.68. The van der Waals surface area contributed by atoms with Crippen molar-refractivity contribution in [1.29, 1.82) is 0 Å². The number of thiazole rings is 1. The first kappa shape index (κ1) is 15.7. The molecule has 2 heterocycles. The zero-order valence-electron chi connectivity index (χ0n) is 11.7. The number of carbonyl (C=O) groups is 2. The molecule has 1 unspecified atom stereocenters. The van der Waals surface area contributed by atoms with Gasteiger partial charge < -0.3 is 10.4 Å². The van der Waals surface area contributed by atoms with Crippen LogP contribution in [0.15, 0.2) is 22.2 Å². The Balaban J connectivity index is 2.07. The van der Waals surface area contributed by atoms with Gasteiger partial charge in [-0.2, -0.15) is 11.3 Å². The van der Waals surface area contributed by atoms with E-state index in [1.54, 1.807) is 16.7 Å². The van der Waals surface area contributed by atoms with E-state index in [1.165, 1.54) is 11.3 Å². The first-order chi connectivity index (χ1) is 9.97. The fourth-order valence-electron chi connectivity index (χ4n) is 1.82. The van der Waals surface area contributed by atoms with Crippen molar-refractivity contribution in [3.63, 3.8) is 0 Å². The summed E-state index contributed by atoms with van der Waals surface area (Å²) in [6.07, 6.45) is 0.391. The molecule has 0 radical (unpaired) electrons. The van der Waals surface area contributed by atoms with Gasteiger partial charge >= 0.3 is 5.97 Å². The van der Waals surface area contributed by atoms with Gasteiger partial charge in [-0.15, -0.1) is 11.3 Å². The lowest BCUT2D eigenvalue weighted by atomic mass is 10.0. The molecule has 21 heavy (non-hydrogen) atoms. The van der Waals surface area contributed by atoms with E-state index in [2.05, 4.69) is 10.3 Å².